The summed E-state index contributed by atoms with van der Waals surface area (Å²) >= 11 is 0. The summed E-state index contributed by atoms with van der Waals surface area (Å²) in [5.74, 6) is 0.135. The van der Waals surface area contributed by atoms with Crippen molar-refractivity contribution >= 4 is 5.97 Å². The highest BCUT2D eigenvalue weighted by Crippen LogP contribution is 2.25. The molecule has 2 unspecified atom stereocenters. The quantitative estimate of drug-likeness (QED) is 0.214. The second-order valence-corrected chi connectivity index (χ2v) is 8.40. The standard InChI is InChI=1S/C26H43NO2/c1-3-4-5-6-7-8-9-10-12-17-25(22-27-2)20-24(21-26(28)29)19-18-23-15-13-11-14-16-23/h8-9,11,13-16,24-25,27H,3-7,10,12,17-22H2,1-2H3,(H,28,29). The minimum absolute atomic E-state index is 0.250. The third kappa shape index (κ3) is 14.1. The lowest BCUT2D eigenvalue weighted by molar-refractivity contribution is -0.138. The maximum absolute atomic E-state index is 11.4. The van der Waals surface area contributed by atoms with Crippen molar-refractivity contribution in [2.45, 2.75) is 84.0 Å². The third-order valence-corrected chi connectivity index (χ3v) is 5.68. The fraction of sp³-hybridized carbons (Fsp3) is 0.654. The Labute approximate surface area is 179 Å². The van der Waals surface area contributed by atoms with Crippen molar-refractivity contribution in [3.05, 3.63) is 48.0 Å². The Morgan fingerprint density at radius 2 is 1.72 bits per heavy atom. The van der Waals surface area contributed by atoms with Gasteiger partial charge in [-0.2, -0.15) is 0 Å². The van der Waals surface area contributed by atoms with Crippen LogP contribution in [0.4, 0.5) is 0 Å². The van der Waals surface area contributed by atoms with Gasteiger partial charge < -0.3 is 10.4 Å². The minimum Gasteiger partial charge on any atom is -0.481 e. The third-order valence-electron chi connectivity index (χ3n) is 5.68. The van der Waals surface area contributed by atoms with E-state index in [4.69, 9.17) is 0 Å². The lowest BCUT2D eigenvalue weighted by Crippen LogP contribution is -2.23. The molecular formula is C26H43NO2. The van der Waals surface area contributed by atoms with Crippen LogP contribution in [0.15, 0.2) is 42.5 Å². The number of unbranched alkanes of at least 4 members (excludes halogenated alkanes) is 5. The first kappa shape index (κ1) is 25.4. The SMILES string of the molecule is CCCCCCC=CCCCC(CNC)CC(CCc1ccccc1)CC(=O)O. The lowest BCUT2D eigenvalue weighted by atomic mass is 9.85. The summed E-state index contributed by atoms with van der Waals surface area (Å²) in [4.78, 5) is 11.4. The number of nitrogens with one attached hydrogen (secondary N) is 1. The molecule has 3 nitrogen and oxygen atoms in total. The Balaban J connectivity index is 2.39. The van der Waals surface area contributed by atoms with E-state index < -0.39 is 5.97 Å². The van der Waals surface area contributed by atoms with Gasteiger partial charge in [-0.15, -0.1) is 0 Å². The number of hydrogen-bond acceptors (Lipinski definition) is 2. The topological polar surface area (TPSA) is 49.3 Å². The molecule has 3 heteroatoms. The van der Waals surface area contributed by atoms with E-state index >= 15 is 0 Å². The number of aliphatic carboxylic acids is 1. The monoisotopic (exact) mass is 401 g/mol. The summed E-state index contributed by atoms with van der Waals surface area (Å²) in [5.41, 5.74) is 1.30. The van der Waals surface area contributed by atoms with Crippen LogP contribution in [-0.2, 0) is 11.2 Å². The lowest BCUT2D eigenvalue weighted by Gasteiger charge is -2.22. The van der Waals surface area contributed by atoms with Gasteiger partial charge in [-0.05, 0) is 82.4 Å². The molecule has 0 fully saturated rings. The van der Waals surface area contributed by atoms with E-state index in [1.54, 1.807) is 0 Å². The normalized spacial score (nSPS) is 13.6. The first-order valence-electron chi connectivity index (χ1n) is 11.7. The van der Waals surface area contributed by atoms with Gasteiger partial charge in [0.2, 0.25) is 0 Å². The molecule has 0 aliphatic heterocycles. The van der Waals surface area contributed by atoms with Crippen LogP contribution in [0, 0.1) is 11.8 Å². The van der Waals surface area contributed by atoms with Gasteiger partial charge in [-0.3, -0.25) is 4.79 Å². The Hall–Kier alpha value is -1.61. The fourth-order valence-corrected chi connectivity index (χ4v) is 4.08. The number of aryl methyl sites for hydroxylation is 1. The molecular weight excluding hydrogens is 358 g/mol. The maximum atomic E-state index is 11.4. The molecule has 0 spiro atoms. The molecule has 1 aromatic rings. The molecule has 1 aromatic carbocycles. The van der Waals surface area contributed by atoms with Crippen LogP contribution in [0.5, 0.6) is 0 Å². The average molecular weight is 402 g/mol. The highest BCUT2D eigenvalue weighted by Gasteiger charge is 2.19. The average Bonchev–Trinajstić information content (AvgIpc) is 2.71. The van der Waals surface area contributed by atoms with Gasteiger partial charge in [0.05, 0.1) is 0 Å². The number of carbonyl (C=O) groups is 1. The van der Waals surface area contributed by atoms with E-state index in [9.17, 15) is 9.90 Å². The molecule has 164 valence electrons. The van der Waals surface area contributed by atoms with E-state index in [1.165, 1.54) is 50.5 Å². The van der Waals surface area contributed by atoms with Crippen molar-refractivity contribution in [3.63, 3.8) is 0 Å². The highest BCUT2D eigenvalue weighted by atomic mass is 16.4. The zero-order valence-electron chi connectivity index (χ0n) is 18.7. The summed E-state index contributed by atoms with van der Waals surface area (Å²) in [7, 11) is 2.00. The smallest absolute Gasteiger partial charge is 0.303 e. The van der Waals surface area contributed by atoms with Crippen molar-refractivity contribution in [2.75, 3.05) is 13.6 Å². The van der Waals surface area contributed by atoms with Gasteiger partial charge in [0, 0.05) is 6.42 Å². The van der Waals surface area contributed by atoms with Crippen LogP contribution < -0.4 is 5.32 Å². The van der Waals surface area contributed by atoms with Crippen molar-refractivity contribution in [1.82, 2.24) is 5.32 Å². The molecule has 2 N–H and O–H groups in total. The van der Waals surface area contributed by atoms with Crippen LogP contribution >= 0.6 is 0 Å². The van der Waals surface area contributed by atoms with E-state index in [-0.39, 0.29) is 12.3 Å². The second-order valence-electron chi connectivity index (χ2n) is 8.40. The molecule has 0 aliphatic rings. The van der Waals surface area contributed by atoms with Crippen LogP contribution in [0.3, 0.4) is 0 Å². The Kier molecular flexibility index (Phi) is 15.1. The van der Waals surface area contributed by atoms with E-state index in [0.29, 0.717) is 5.92 Å². The first-order valence-corrected chi connectivity index (χ1v) is 11.7. The van der Waals surface area contributed by atoms with Crippen LogP contribution in [0.2, 0.25) is 0 Å². The van der Waals surface area contributed by atoms with E-state index in [2.05, 4.69) is 48.7 Å². The molecule has 0 aromatic heterocycles. The molecule has 2 atom stereocenters. The second kappa shape index (κ2) is 17.3. The number of rotatable bonds is 18. The molecule has 0 aliphatic carbocycles. The Morgan fingerprint density at radius 3 is 2.38 bits per heavy atom. The van der Waals surface area contributed by atoms with Gasteiger partial charge in [0.15, 0.2) is 0 Å². The predicted octanol–water partition coefficient (Wildman–Crippen LogP) is 6.63. The van der Waals surface area contributed by atoms with Crippen LogP contribution in [-0.4, -0.2) is 24.7 Å². The van der Waals surface area contributed by atoms with Crippen LogP contribution in [0.25, 0.3) is 0 Å². The van der Waals surface area contributed by atoms with Crippen LogP contribution in [0.1, 0.15) is 83.1 Å². The number of carboxylic acid groups (broad SMARTS) is 1. The number of carboxylic acids is 1. The summed E-state index contributed by atoms with van der Waals surface area (Å²) < 4.78 is 0. The number of hydrogen-bond donors (Lipinski definition) is 2. The largest absolute Gasteiger partial charge is 0.481 e. The zero-order valence-corrected chi connectivity index (χ0v) is 18.7. The summed E-state index contributed by atoms with van der Waals surface area (Å²) in [6.45, 7) is 3.22. The molecule has 0 amide bonds. The van der Waals surface area contributed by atoms with Crippen molar-refractivity contribution in [1.29, 1.82) is 0 Å². The van der Waals surface area contributed by atoms with Gasteiger partial charge in [0.25, 0.3) is 0 Å². The number of benzene rings is 1. The Bertz CT molecular complexity index is 541. The molecule has 1 rings (SSSR count). The van der Waals surface area contributed by atoms with Gasteiger partial charge in [-0.1, -0.05) is 68.7 Å². The molecule has 0 saturated heterocycles. The molecule has 0 heterocycles. The van der Waals surface area contributed by atoms with Crippen molar-refractivity contribution < 1.29 is 9.90 Å². The molecule has 29 heavy (non-hydrogen) atoms. The minimum atomic E-state index is -0.669. The van der Waals surface area contributed by atoms with E-state index in [1.807, 2.05) is 13.1 Å². The summed E-state index contributed by atoms with van der Waals surface area (Å²) in [6.07, 6.45) is 17.9. The summed E-state index contributed by atoms with van der Waals surface area (Å²) in [6, 6.07) is 10.4. The van der Waals surface area contributed by atoms with Gasteiger partial charge in [-0.25, -0.2) is 0 Å². The molecule has 0 saturated carbocycles. The van der Waals surface area contributed by atoms with Crippen molar-refractivity contribution in [3.8, 4) is 0 Å². The fourth-order valence-electron chi connectivity index (χ4n) is 4.08. The number of allylic oxidation sites excluding steroid dienone is 2. The molecule has 0 bridgehead atoms. The zero-order chi connectivity index (χ0) is 21.2. The first-order chi connectivity index (χ1) is 14.2. The van der Waals surface area contributed by atoms with E-state index in [0.717, 1.165) is 32.2 Å². The van der Waals surface area contributed by atoms with Gasteiger partial charge >= 0.3 is 5.97 Å². The predicted molar refractivity (Wildman–Crippen MR) is 124 cm³/mol. The highest BCUT2D eigenvalue weighted by molar-refractivity contribution is 5.67. The summed E-state index contributed by atoms with van der Waals surface area (Å²) in [5, 5.41) is 12.7. The molecule has 0 radical (unpaired) electrons. The van der Waals surface area contributed by atoms with Crippen molar-refractivity contribution in [2.24, 2.45) is 11.8 Å². The Morgan fingerprint density at radius 1 is 1.00 bits per heavy atom. The van der Waals surface area contributed by atoms with Gasteiger partial charge in [0.1, 0.15) is 0 Å². The maximum Gasteiger partial charge on any atom is 0.303 e.